The molecule has 0 amide bonds. The van der Waals surface area contributed by atoms with Gasteiger partial charge in [0.1, 0.15) is 11.5 Å². The molecule has 0 unspecified atom stereocenters. The van der Waals surface area contributed by atoms with Gasteiger partial charge in [-0.1, -0.05) is 0 Å². The maximum absolute atomic E-state index is 12.0. The van der Waals surface area contributed by atoms with Crippen LogP contribution in [0, 0.1) is 6.92 Å². The SMILES string of the molecule is Cc1ccc(C2(C)C(=O)OC(C)(C)OC2=O)o1. The number of carbonyl (C=O) groups excluding carboxylic acids is 2. The lowest BCUT2D eigenvalue weighted by Gasteiger charge is -2.37. The summed E-state index contributed by atoms with van der Waals surface area (Å²) in [5.41, 5.74) is -1.52. The van der Waals surface area contributed by atoms with Gasteiger partial charge in [0, 0.05) is 13.8 Å². The summed E-state index contributed by atoms with van der Waals surface area (Å²) in [6.07, 6.45) is 0. The Morgan fingerprint density at radius 2 is 1.53 bits per heavy atom. The molecule has 5 heteroatoms. The smallest absolute Gasteiger partial charge is 0.334 e. The summed E-state index contributed by atoms with van der Waals surface area (Å²) in [6, 6.07) is 3.26. The molecular formula is C12H14O5. The second-order valence-corrected chi connectivity index (χ2v) is 4.71. The van der Waals surface area contributed by atoms with E-state index in [-0.39, 0.29) is 5.76 Å². The molecule has 0 aliphatic carbocycles. The molecule has 1 aliphatic heterocycles. The summed E-state index contributed by atoms with van der Waals surface area (Å²) in [5.74, 6) is -1.69. The second kappa shape index (κ2) is 3.35. The predicted octanol–water partition coefficient (Wildman–Crippen LogP) is 1.68. The highest BCUT2D eigenvalue weighted by Gasteiger charge is 2.56. The lowest BCUT2D eigenvalue weighted by molar-refractivity contribution is -0.243. The van der Waals surface area contributed by atoms with Crippen LogP contribution in [0.15, 0.2) is 16.5 Å². The molecule has 17 heavy (non-hydrogen) atoms. The van der Waals surface area contributed by atoms with E-state index >= 15 is 0 Å². The number of cyclic esters (lactones) is 2. The first-order chi connectivity index (χ1) is 7.75. The molecule has 0 atom stereocenters. The molecule has 0 aromatic carbocycles. The Bertz CT molecular complexity index is 463. The molecule has 1 saturated heterocycles. The summed E-state index contributed by atoms with van der Waals surface area (Å²) < 4.78 is 15.5. The molecule has 0 radical (unpaired) electrons. The van der Waals surface area contributed by atoms with Gasteiger partial charge in [0.15, 0.2) is 0 Å². The van der Waals surface area contributed by atoms with Crippen LogP contribution < -0.4 is 0 Å². The average Bonchev–Trinajstić information content (AvgIpc) is 2.60. The highest BCUT2D eigenvalue weighted by atomic mass is 16.7. The summed E-state index contributed by atoms with van der Waals surface area (Å²) in [5, 5.41) is 0. The Hall–Kier alpha value is -1.78. The van der Waals surface area contributed by atoms with Gasteiger partial charge in [0.2, 0.25) is 5.41 Å². The van der Waals surface area contributed by atoms with E-state index in [9.17, 15) is 9.59 Å². The molecule has 92 valence electrons. The van der Waals surface area contributed by atoms with Crippen molar-refractivity contribution >= 4 is 11.9 Å². The second-order valence-electron chi connectivity index (χ2n) is 4.71. The van der Waals surface area contributed by atoms with E-state index in [1.54, 1.807) is 19.1 Å². The van der Waals surface area contributed by atoms with E-state index in [4.69, 9.17) is 13.9 Å². The number of carbonyl (C=O) groups is 2. The molecular weight excluding hydrogens is 224 g/mol. The summed E-state index contributed by atoms with van der Waals surface area (Å²) in [4.78, 5) is 23.9. The number of hydrogen-bond donors (Lipinski definition) is 0. The first kappa shape index (κ1) is 11.7. The third-order valence-corrected chi connectivity index (χ3v) is 2.73. The lowest BCUT2D eigenvalue weighted by atomic mass is 9.86. The topological polar surface area (TPSA) is 65.7 Å². The Kier molecular flexibility index (Phi) is 2.31. The number of hydrogen-bond acceptors (Lipinski definition) is 5. The highest BCUT2D eigenvalue weighted by Crippen LogP contribution is 2.35. The molecule has 0 bridgehead atoms. The zero-order valence-electron chi connectivity index (χ0n) is 10.2. The Labute approximate surface area is 98.7 Å². The minimum absolute atomic E-state index is 0.237. The minimum Gasteiger partial charge on any atom is -0.465 e. The predicted molar refractivity (Wildman–Crippen MR) is 57.1 cm³/mol. The van der Waals surface area contributed by atoms with Crippen molar-refractivity contribution in [2.45, 2.75) is 38.9 Å². The van der Waals surface area contributed by atoms with Gasteiger partial charge in [0.25, 0.3) is 5.79 Å². The van der Waals surface area contributed by atoms with E-state index < -0.39 is 23.1 Å². The van der Waals surface area contributed by atoms with Crippen molar-refractivity contribution in [2.75, 3.05) is 0 Å². The van der Waals surface area contributed by atoms with Gasteiger partial charge in [-0.25, -0.2) is 0 Å². The van der Waals surface area contributed by atoms with Crippen molar-refractivity contribution in [1.29, 1.82) is 0 Å². The molecule has 0 saturated carbocycles. The average molecular weight is 238 g/mol. The largest absolute Gasteiger partial charge is 0.465 e. The molecule has 2 rings (SSSR count). The lowest BCUT2D eigenvalue weighted by Crippen LogP contribution is -2.54. The molecule has 1 aromatic heterocycles. The number of furan rings is 1. The monoisotopic (exact) mass is 238 g/mol. The van der Waals surface area contributed by atoms with Crippen molar-refractivity contribution in [1.82, 2.24) is 0 Å². The zero-order chi connectivity index (χ0) is 12.8. The van der Waals surface area contributed by atoms with Crippen LogP contribution in [0.1, 0.15) is 32.3 Å². The van der Waals surface area contributed by atoms with E-state index in [0.29, 0.717) is 5.76 Å². The maximum atomic E-state index is 12.0. The zero-order valence-corrected chi connectivity index (χ0v) is 10.2. The van der Waals surface area contributed by atoms with E-state index in [1.807, 2.05) is 0 Å². The van der Waals surface area contributed by atoms with Gasteiger partial charge in [-0.05, 0) is 26.0 Å². The first-order valence-electron chi connectivity index (χ1n) is 5.29. The Balaban J connectivity index is 2.44. The van der Waals surface area contributed by atoms with Crippen LogP contribution in [0.2, 0.25) is 0 Å². The van der Waals surface area contributed by atoms with Crippen LogP contribution in [-0.4, -0.2) is 17.7 Å². The summed E-state index contributed by atoms with van der Waals surface area (Å²) >= 11 is 0. The molecule has 1 aliphatic rings. The van der Waals surface area contributed by atoms with Gasteiger partial charge in [0.05, 0.1) is 0 Å². The number of ether oxygens (including phenoxy) is 2. The van der Waals surface area contributed by atoms with Crippen LogP contribution in [-0.2, 0) is 24.5 Å². The van der Waals surface area contributed by atoms with Crippen molar-refractivity contribution in [3.05, 3.63) is 23.7 Å². The maximum Gasteiger partial charge on any atom is 0.334 e. The molecule has 0 spiro atoms. The fourth-order valence-corrected chi connectivity index (χ4v) is 1.66. The van der Waals surface area contributed by atoms with Gasteiger partial charge in [-0.2, -0.15) is 0 Å². The third-order valence-electron chi connectivity index (χ3n) is 2.73. The summed E-state index contributed by atoms with van der Waals surface area (Å²) in [7, 11) is 0. The highest BCUT2D eigenvalue weighted by molar-refractivity contribution is 6.06. The van der Waals surface area contributed by atoms with Gasteiger partial charge >= 0.3 is 11.9 Å². The third kappa shape index (κ3) is 1.71. The molecule has 1 fully saturated rings. The van der Waals surface area contributed by atoms with Crippen LogP contribution in [0.3, 0.4) is 0 Å². The molecule has 0 N–H and O–H groups in total. The van der Waals surface area contributed by atoms with Crippen molar-refractivity contribution in [3.63, 3.8) is 0 Å². The number of esters is 2. The van der Waals surface area contributed by atoms with Crippen LogP contribution in [0.4, 0.5) is 0 Å². The van der Waals surface area contributed by atoms with E-state index in [2.05, 4.69) is 0 Å². The van der Waals surface area contributed by atoms with Crippen LogP contribution in [0.25, 0.3) is 0 Å². The van der Waals surface area contributed by atoms with Crippen LogP contribution >= 0.6 is 0 Å². The standard InChI is InChI=1S/C12H14O5/c1-7-5-6-8(15-7)12(4)9(13)16-11(2,3)17-10(12)14/h5-6H,1-4H3. The first-order valence-corrected chi connectivity index (χ1v) is 5.29. The van der Waals surface area contributed by atoms with E-state index in [0.717, 1.165) is 0 Å². The quantitative estimate of drug-likeness (QED) is 0.550. The van der Waals surface area contributed by atoms with Crippen molar-refractivity contribution in [3.8, 4) is 0 Å². The Morgan fingerprint density at radius 3 is 1.94 bits per heavy atom. The van der Waals surface area contributed by atoms with Gasteiger partial charge in [-0.3, -0.25) is 9.59 Å². The van der Waals surface area contributed by atoms with E-state index in [1.165, 1.54) is 20.8 Å². The normalized spacial score (nSPS) is 21.9. The van der Waals surface area contributed by atoms with Crippen molar-refractivity contribution < 1.29 is 23.5 Å². The number of aryl methyl sites for hydroxylation is 1. The van der Waals surface area contributed by atoms with Gasteiger partial charge in [-0.15, -0.1) is 0 Å². The van der Waals surface area contributed by atoms with Crippen LogP contribution in [0.5, 0.6) is 0 Å². The fourth-order valence-electron chi connectivity index (χ4n) is 1.66. The fraction of sp³-hybridized carbons (Fsp3) is 0.500. The minimum atomic E-state index is -1.52. The molecule has 5 nitrogen and oxygen atoms in total. The molecule has 2 heterocycles. The molecule has 1 aromatic rings. The Morgan fingerprint density at radius 1 is 1.00 bits per heavy atom. The number of rotatable bonds is 1. The van der Waals surface area contributed by atoms with Gasteiger partial charge < -0.3 is 13.9 Å². The summed E-state index contributed by atoms with van der Waals surface area (Å²) in [6.45, 7) is 6.19. The van der Waals surface area contributed by atoms with Crippen molar-refractivity contribution in [2.24, 2.45) is 0 Å².